The Morgan fingerprint density at radius 1 is 1.32 bits per heavy atom. The molecule has 0 unspecified atom stereocenters. The molecule has 0 aliphatic carbocycles. The molecule has 0 aliphatic heterocycles. The highest BCUT2D eigenvalue weighted by Gasteiger charge is 2.21. The van der Waals surface area contributed by atoms with Gasteiger partial charge in [-0.3, -0.25) is 9.48 Å². The first-order chi connectivity index (χ1) is 11.8. The number of hydrogen-bond donors (Lipinski definition) is 1. The number of anilines is 1. The Labute approximate surface area is 146 Å². The van der Waals surface area contributed by atoms with Gasteiger partial charge < -0.3 is 14.8 Å². The van der Waals surface area contributed by atoms with Crippen LogP contribution in [0.1, 0.15) is 34.2 Å². The third-order valence-electron chi connectivity index (χ3n) is 3.88. The van der Waals surface area contributed by atoms with Gasteiger partial charge in [0.25, 0.3) is 5.91 Å². The predicted molar refractivity (Wildman–Crippen MR) is 93.3 cm³/mol. The highest BCUT2D eigenvalue weighted by Crippen LogP contribution is 2.19. The highest BCUT2D eigenvalue weighted by atomic mass is 16.5. The number of rotatable bonds is 6. The van der Waals surface area contributed by atoms with Crippen LogP contribution in [0.5, 0.6) is 0 Å². The maximum Gasteiger partial charge on any atom is 0.338 e. The summed E-state index contributed by atoms with van der Waals surface area (Å²) in [6, 6.07) is 6.93. The number of benzene rings is 1. The van der Waals surface area contributed by atoms with E-state index in [1.165, 1.54) is 6.92 Å². The van der Waals surface area contributed by atoms with Crippen LogP contribution in [0.25, 0.3) is 0 Å². The molecule has 2 rings (SSSR count). The van der Waals surface area contributed by atoms with E-state index in [-0.39, 0.29) is 0 Å². The minimum atomic E-state index is -0.933. The van der Waals surface area contributed by atoms with Crippen LogP contribution in [0.2, 0.25) is 0 Å². The molecule has 0 fully saturated rings. The molecular formula is C18H23N3O4. The van der Waals surface area contributed by atoms with Crippen LogP contribution in [0.4, 0.5) is 5.69 Å². The SMILES string of the molecule is COCc1cccc(C(=O)O[C@H](C)C(=O)Nc2c(C)nn(C)c2C)c1. The number of aryl methyl sites for hydroxylation is 2. The van der Waals surface area contributed by atoms with Crippen molar-refractivity contribution in [2.75, 3.05) is 12.4 Å². The Bertz CT molecular complexity index is 783. The number of aromatic nitrogens is 2. The highest BCUT2D eigenvalue weighted by molar-refractivity contribution is 5.98. The Hall–Kier alpha value is -2.67. The average Bonchev–Trinajstić information content (AvgIpc) is 2.81. The number of ether oxygens (including phenoxy) is 2. The molecule has 1 heterocycles. The van der Waals surface area contributed by atoms with Crippen molar-refractivity contribution in [1.82, 2.24) is 9.78 Å². The largest absolute Gasteiger partial charge is 0.449 e. The first kappa shape index (κ1) is 18.7. The molecule has 1 atom stereocenters. The average molecular weight is 345 g/mol. The molecule has 7 nitrogen and oxygen atoms in total. The Kier molecular flexibility index (Phi) is 5.93. The van der Waals surface area contributed by atoms with Crippen LogP contribution < -0.4 is 5.32 Å². The first-order valence-electron chi connectivity index (χ1n) is 7.93. The van der Waals surface area contributed by atoms with Crippen LogP contribution in [0, 0.1) is 13.8 Å². The quantitative estimate of drug-likeness (QED) is 0.813. The molecule has 2 aromatic rings. The van der Waals surface area contributed by atoms with Gasteiger partial charge in [0.1, 0.15) is 0 Å². The number of hydrogen-bond acceptors (Lipinski definition) is 5. The predicted octanol–water partition coefficient (Wildman–Crippen LogP) is 2.37. The second-order valence-electron chi connectivity index (χ2n) is 5.84. The van der Waals surface area contributed by atoms with E-state index in [4.69, 9.17) is 9.47 Å². The van der Waals surface area contributed by atoms with Crippen molar-refractivity contribution in [2.45, 2.75) is 33.5 Å². The molecule has 1 aromatic carbocycles. The number of methoxy groups -OCH3 is 1. The van der Waals surface area contributed by atoms with E-state index < -0.39 is 18.0 Å². The molecule has 0 radical (unpaired) electrons. The van der Waals surface area contributed by atoms with Crippen molar-refractivity contribution >= 4 is 17.6 Å². The van der Waals surface area contributed by atoms with Gasteiger partial charge in [0.15, 0.2) is 6.10 Å². The fourth-order valence-electron chi connectivity index (χ4n) is 2.42. The summed E-state index contributed by atoms with van der Waals surface area (Å²) >= 11 is 0. The lowest BCUT2D eigenvalue weighted by Crippen LogP contribution is -2.30. The molecule has 1 N–H and O–H groups in total. The Morgan fingerprint density at radius 2 is 2.04 bits per heavy atom. The number of nitrogens with zero attached hydrogens (tertiary/aromatic N) is 2. The number of carbonyl (C=O) groups excluding carboxylic acids is 2. The summed E-state index contributed by atoms with van der Waals surface area (Å²) in [6.07, 6.45) is -0.933. The molecule has 134 valence electrons. The van der Waals surface area contributed by atoms with Crippen LogP contribution in [0.3, 0.4) is 0 Å². The number of carbonyl (C=O) groups is 2. The van der Waals surface area contributed by atoms with E-state index in [9.17, 15) is 9.59 Å². The number of esters is 1. The molecule has 0 saturated carbocycles. The molecule has 0 aliphatic rings. The molecular weight excluding hydrogens is 322 g/mol. The summed E-state index contributed by atoms with van der Waals surface area (Å²) in [4.78, 5) is 24.6. The zero-order valence-electron chi connectivity index (χ0n) is 15.1. The number of nitrogens with one attached hydrogen (secondary N) is 1. The number of amides is 1. The second-order valence-corrected chi connectivity index (χ2v) is 5.84. The van der Waals surface area contributed by atoms with Gasteiger partial charge in [-0.25, -0.2) is 4.79 Å². The summed E-state index contributed by atoms with van der Waals surface area (Å²) in [6.45, 7) is 5.60. The molecule has 1 aromatic heterocycles. The summed E-state index contributed by atoms with van der Waals surface area (Å²) in [5.74, 6) is -0.958. The maximum atomic E-state index is 12.3. The second kappa shape index (κ2) is 7.94. The first-order valence-corrected chi connectivity index (χ1v) is 7.93. The summed E-state index contributed by atoms with van der Waals surface area (Å²) in [5.41, 5.74) is 3.41. The van der Waals surface area contributed by atoms with Gasteiger partial charge in [-0.1, -0.05) is 12.1 Å². The minimum Gasteiger partial charge on any atom is -0.449 e. The smallest absolute Gasteiger partial charge is 0.338 e. The standard InChI is InChI=1S/C18H23N3O4/c1-11-16(12(2)21(4)20-11)19-17(22)13(3)25-18(23)15-8-6-7-14(9-15)10-24-5/h6-9,13H,10H2,1-5H3,(H,19,22)/t13-/m1/s1. The van der Waals surface area contributed by atoms with E-state index in [1.54, 1.807) is 44.0 Å². The van der Waals surface area contributed by atoms with Crippen LogP contribution in [-0.4, -0.2) is 34.9 Å². The molecule has 0 bridgehead atoms. The van der Waals surface area contributed by atoms with Gasteiger partial charge in [-0.15, -0.1) is 0 Å². The summed E-state index contributed by atoms with van der Waals surface area (Å²) in [5, 5.41) is 7.01. The van der Waals surface area contributed by atoms with Gasteiger partial charge in [0.2, 0.25) is 0 Å². The van der Waals surface area contributed by atoms with E-state index in [0.717, 1.165) is 11.3 Å². The van der Waals surface area contributed by atoms with Crippen molar-refractivity contribution in [1.29, 1.82) is 0 Å². The fraction of sp³-hybridized carbons (Fsp3) is 0.389. The van der Waals surface area contributed by atoms with Crippen molar-refractivity contribution in [2.24, 2.45) is 7.05 Å². The third-order valence-corrected chi connectivity index (χ3v) is 3.88. The van der Waals surface area contributed by atoms with Crippen LogP contribution in [0.15, 0.2) is 24.3 Å². The van der Waals surface area contributed by atoms with E-state index in [0.29, 0.717) is 23.6 Å². The van der Waals surface area contributed by atoms with Gasteiger partial charge in [0, 0.05) is 14.2 Å². The molecule has 1 amide bonds. The molecule has 25 heavy (non-hydrogen) atoms. The van der Waals surface area contributed by atoms with Gasteiger partial charge >= 0.3 is 5.97 Å². The van der Waals surface area contributed by atoms with Crippen LogP contribution in [-0.2, 0) is 27.9 Å². The van der Waals surface area contributed by atoms with Gasteiger partial charge in [-0.2, -0.15) is 5.10 Å². The lowest BCUT2D eigenvalue weighted by atomic mass is 10.1. The third kappa shape index (κ3) is 4.45. The topological polar surface area (TPSA) is 82.4 Å². The van der Waals surface area contributed by atoms with Gasteiger partial charge in [-0.05, 0) is 38.5 Å². The monoisotopic (exact) mass is 345 g/mol. The minimum absolute atomic E-state index is 0.378. The van der Waals surface area contributed by atoms with Crippen molar-refractivity contribution in [3.8, 4) is 0 Å². The van der Waals surface area contributed by atoms with E-state index in [1.807, 2.05) is 13.0 Å². The van der Waals surface area contributed by atoms with E-state index in [2.05, 4.69) is 10.4 Å². The van der Waals surface area contributed by atoms with Crippen molar-refractivity contribution < 1.29 is 19.1 Å². The summed E-state index contributed by atoms with van der Waals surface area (Å²) < 4.78 is 12.0. The molecule has 0 spiro atoms. The van der Waals surface area contributed by atoms with Crippen molar-refractivity contribution in [3.63, 3.8) is 0 Å². The normalized spacial score (nSPS) is 11.9. The van der Waals surface area contributed by atoms with E-state index >= 15 is 0 Å². The lowest BCUT2D eigenvalue weighted by molar-refractivity contribution is -0.123. The maximum absolute atomic E-state index is 12.3. The fourth-order valence-corrected chi connectivity index (χ4v) is 2.42. The zero-order chi connectivity index (χ0) is 18.6. The zero-order valence-corrected chi connectivity index (χ0v) is 15.1. The van der Waals surface area contributed by atoms with Crippen molar-refractivity contribution in [3.05, 3.63) is 46.8 Å². The van der Waals surface area contributed by atoms with Crippen LogP contribution >= 0.6 is 0 Å². The van der Waals surface area contributed by atoms with Gasteiger partial charge in [0.05, 0.1) is 29.2 Å². The molecule has 7 heteroatoms. The molecule has 0 saturated heterocycles. The summed E-state index contributed by atoms with van der Waals surface area (Å²) in [7, 11) is 3.38. The Balaban J connectivity index is 2.03. The Morgan fingerprint density at radius 3 is 2.64 bits per heavy atom. The lowest BCUT2D eigenvalue weighted by Gasteiger charge is -2.14.